The second kappa shape index (κ2) is 6.90. The molecule has 0 radical (unpaired) electrons. The third-order valence-electron chi connectivity index (χ3n) is 7.44. The smallest absolute Gasteiger partial charge is 0.343 e. The topological polar surface area (TPSA) is 97.2 Å². The highest BCUT2D eigenvalue weighted by Crippen LogP contribution is 2.43. The number of benzene rings is 2. The van der Waals surface area contributed by atoms with Crippen LogP contribution in [-0.2, 0) is 28.3 Å². The number of para-hydroxylation sites is 1. The molecule has 2 aromatic carbocycles. The molecule has 2 N–H and O–H groups in total. The molecule has 0 unspecified atom stereocenters. The van der Waals surface area contributed by atoms with Crippen LogP contribution in [0.1, 0.15) is 30.0 Å². The van der Waals surface area contributed by atoms with Crippen molar-refractivity contribution < 1.29 is 14.6 Å². The van der Waals surface area contributed by atoms with Gasteiger partial charge in [-0.05, 0) is 47.2 Å². The second-order valence-corrected chi connectivity index (χ2v) is 9.21. The average molecular weight is 463 g/mol. The lowest BCUT2D eigenvalue weighted by molar-refractivity contribution is -0.172. The van der Waals surface area contributed by atoms with Crippen LogP contribution in [0.2, 0.25) is 0 Å². The molecule has 7 rings (SSSR count). The van der Waals surface area contributed by atoms with Crippen LogP contribution in [0.25, 0.3) is 44.3 Å². The van der Waals surface area contributed by atoms with Crippen molar-refractivity contribution in [1.82, 2.24) is 14.5 Å². The average Bonchev–Trinajstić information content (AvgIpc) is 3.49. The van der Waals surface area contributed by atoms with E-state index in [0.717, 1.165) is 38.5 Å². The fourth-order valence-corrected chi connectivity index (χ4v) is 5.56. The molecule has 172 valence electrons. The molecule has 0 aliphatic carbocycles. The van der Waals surface area contributed by atoms with Crippen LogP contribution >= 0.6 is 0 Å². The number of hydrogen-bond donors (Lipinski definition) is 2. The first-order valence-corrected chi connectivity index (χ1v) is 11.7. The maximum absolute atomic E-state index is 13.6. The Kier molecular flexibility index (Phi) is 3.97. The van der Waals surface area contributed by atoms with E-state index in [1.807, 2.05) is 30.5 Å². The van der Waals surface area contributed by atoms with Crippen molar-refractivity contribution in [2.24, 2.45) is 0 Å². The van der Waals surface area contributed by atoms with Gasteiger partial charge in [0.15, 0.2) is 5.60 Å². The van der Waals surface area contributed by atoms with Gasteiger partial charge in [-0.2, -0.15) is 0 Å². The molecule has 35 heavy (non-hydrogen) atoms. The van der Waals surface area contributed by atoms with Gasteiger partial charge < -0.3 is 19.4 Å². The number of carbonyl (C=O) groups is 1. The molecule has 0 fully saturated rings. The SMILES string of the molecule is CC[C@@]1(O)C(=O)OCc2c1cc1n(c2=O)Cc2c-1nc1ccccc1c2-c1ccc2cc[nH]c2c1. The standard InChI is InChI=1S/C28H21N3O4/c1-2-28(34)20-12-23-25-18(13-31(23)26(32)19(20)14-35-27(28)33)24(17-5-3-4-6-21(17)30-25)16-8-7-15-9-10-29-22(15)11-16/h3-12,29,34H,2,13-14H2,1H3/t28-/m0/s1. The summed E-state index contributed by atoms with van der Waals surface area (Å²) in [4.78, 5) is 34.3. The Bertz CT molecular complexity index is 1780. The van der Waals surface area contributed by atoms with Crippen LogP contribution < -0.4 is 5.56 Å². The fraction of sp³-hybridized carbons (Fsp3) is 0.179. The number of nitrogens with one attached hydrogen (secondary N) is 1. The summed E-state index contributed by atoms with van der Waals surface area (Å²) in [5.41, 5.74) is 4.70. The number of esters is 1. The Hall–Kier alpha value is -4.23. The summed E-state index contributed by atoms with van der Waals surface area (Å²) < 4.78 is 6.88. The Morgan fingerprint density at radius 2 is 1.97 bits per heavy atom. The van der Waals surface area contributed by atoms with Gasteiger partial charge in [-0.1, -0.05) is 37.3 Å². The largest absolute Gasteiger partial charge is 0.458 e. The van der Waals surface area contributed by atoms with Gasteiger partial charge in [0.1, 0.15) is 6.61 Å². The van der Waals surface area contributed by atoms with Gasteiger partial charge in [0.2, 0.25) is 0 Å². The summed E-state index contributed by atoms with van der Waals surface area (Å²) >= 11 is 0. The van der Waals surface area contributed by atoms with Gasteiger partial charge in [0.05, 0.1) is 29.0 Å². The van der Waals surface area contributed by atoms with Crippen molar-refractivity contribution >= 4 is 27.8 Å². The molecule has 0 amide bonds. The van der Waals surface area contributed by atoms with Crippen molar-refractivity contribution in [2.75, 3.05) is 0 Å². The van der Waals surface area contributed by atoms with Crippen molar-refractivity contribution in [3.8, 4) is 22.5 Å². The summed E-state index contributed by atoms with van der Waals surface area (Å²) in [7, 11) is 0. The molecule has 3 aromatic heterocycles. The summed E-state index contributed by atoms with van der Waals surface area (Å²) in [6, 6.07) is 18.0. The molecule has 2 aliphatic rings. The Morgan fingerprint density at radius 1 is 1.11 bits per heavy atom. The monoisotopic (exact) mass is 463 g/mol. The van der Waals surface area contributed by atoms with Crippen molar-refractivity contribution in [3.63, 3.8) is 0 Å². The number of fused-ring (bicyclic) bond motifs is 6. The number of pyridine rings is 2. The van der Waals surface area contributed by atoms with Gasteiger partial charge in [-0.15, -0.1) is 0 Å². The minimum absolute atomic E-state index is 0.112. The van der Waals surface area contributed by atoms with Crippen molar-refractivity contribution in [2.45, 2.75) is 32.1 Å². The van der Waals surface area contributed by atoms with Crippen LogP contribution in [0.5, 0.6) is 0 Å². The van der Waals surface area contributed by atoms with Crippen LogP contribution in [0.15, 0.2) is 65.6 Å². The van der Waals surface area contributed by atoms with Gasteiger partial charge in [0.25, 0.3) is 5.56 Å². The molecule has 7 heteroatoms. The maximum Gasteiger partial charge on any atom is 0.343 e. The summed E-state index contributed by atoms with van der Waals surface area (Å²) in [6.07, 6.45) is 2.03. The van der Waals surface area contributed by atoms with Crippen molar-refractivity contribution in [1.29, 1.82) is 0 Å². The summed E-state index contributed by atoms with van der Waals surface area (Å²) in [6.45, 7) is 1.92. The number of ether oxygens (including phenoxy) is 1. The molecule has 0 bridgehead atoms. The number of rotatable bonds is 2. The predicted octanol–water partition coefficient (Wildman–Crippen LogP) is 4.23. The van der Waals surface area contributed by atoms with Gasteiger partial charge in [-0.3, -0.25) is 4.79 Å². The molecular formula is C28H21N3O4. The number of aliphatic hydroxyl groups is 1. The van der Waals surface area contributed by atoms with E-state index >= 15 is 0 Å². The quantitative estimate of drug-likeness (QED) is 0.375. The Labute approximate surface area is 199 Å². The fourth-order valence-electron chi connectivity index (χ4n) is 5.56. The predicted molar refractivity (Wildman–Crippen MR) is 132 cm³/mol. The van der Waals surface area contributed by atoms with E-state index < -0.39 is 11.6 Å². The second-order valence-electron chi connectivity index (χ2n) is 9.21. The zero-order valence-corrected chi connectivity index (χ0v) is 19.0. The molecule has 5 aromatic rings. The Morgan fingerprint density at radius 3 is 2.83 bits per heavy atom. The van der Waals surface area contributed by atoms with E-state index in [-0.39, 0.29) is 18.6 Å². The molecule has 7 nitrogen and oxygen atoms in total. The van der Waals surface area contributed by atoms with Gasteiger partial charge in [-0.25, -0.2) is 9.78 Å². The minimum Gasteiger partial charge on any atom is -0.458 e. The molecule has 0 saturated carbocycles. The molecular weight excluding hydrogens is 442 g/mol. The lowest BCUT2D eigenvalue weighted by Gasteiger charge is -2.31. The summed E-state index contributed by atoms with van der Waals surface area (Å²) in [5.74, 6) is -0.721. The molecule has 1 atom stereocenters. The summed E-state index contributed by atoms with van der Waals surface area (Å²) in [5, 5.41) is 13.3. The number of H-pyrrole nitrogens is 1. The number of hydrogen-bond acceptors (Lipinski definition) is 5. The van der Waals surface area contributed by atoms with Crippen LogP contribution in [0.3, 0.4) is 0 Å². The van der Waals surface area contributed by atoms with E-state index in [0.29, 0.717) is 29.1 Å². The van der Waals surface area contributed by atoms with E-state index in [2.05, 4.69) is 29.2 Å². The first-order valence-electron chi connectivity index (χ1n) is 11.7. The minimum atomic E-state index is -1.84. The maximum atomic E-state index is 13.6. The highest BCUT2D eigenvalue weighted by Gasteiger charge is 2.45. The molecule has 5 heterocycles. The number of aromatic amines is 1. The third kappa shape index (κ3) is 2.61. The van der Waals surface area contributed by atoms with Gasteiger partial charge in [0, 0.05) is 28.2 Å². The Balaban J connectivity index is 1.55. The highest BCUT2D eigenvalue weighted by atomic mass is 16.6. The normalized spacial score (nSPS) is 18.4. The lowest BCUT2D eigenvalue weighted by Crippen LogP contribution is -2.44. The zero-order valence-electron chi connectivity index (χ0n) is 19.0. The lowest BCUT2D eigenvalue weighted by atomic mass is 9.86. The molecule has 0 saturated heterocycles. The van der Waals surface area contributed by atoms with E-state index in [1.165, 1.54) is 0 Å². The number of aromatic nitrogens is 3. The molecule has 0 spiro atoms. The molecule has 2 aliphatic heterocycles. The highest BCUT2D eigenvalue weighted by molar-refractivity contribution is 6.01. The zero-order chi connectivity index (χ0) is 23.9. The van der Waals surface area contributed by atoms with E-state index in [1.54, 1.807) is 17.6 Å². The first-order chi connectivity index (χ1) is 17.0. The van der Waals surface area contributed by atoms with Crippen LogP contribution in [0.4, 0.5) is 0 Å². The van der Waals surface area contributed by atoms with Gasteiger partial charge >= 0.3 is 5.97 Å². The van der Waals surface area contributed by atoms with Crippen molar-refractivity contribution in [3.05, 3.63) is 87.8 Å². The first kappa shape index (κ1) is 20.2. The third-order valence-corrected chi connectivity index (χ3v) is 7.44. The van der Waals surface area contributed by atoms with Crippen LogP contribution in [-0.4, -0.2) is 25.6 Å². The van der Waals surface area contributed by atoms with Crippen LogP contribution in [0, 0.1) is 0 Å². The van der Waals surface area contributed by atoms with E-state index in [4.69, 9.17) is 9.72 Å². The van der Waals surface area contributed by atoms with E-state index in [9.17, 15) is 14.7 Å². The number of carbonyl (C=O) groups excluding carboxylic acids is 1. The number of cyclic esters (lactones) is 1. The number of nitrogens with zero attached hydrogens (tertiary/aromatic N) is 2.